The quantitative estimate of drug-likeness (QED) is 0.763. The van der Waals surface area contributed by atoms with E-state index in [-0.39, 0.29) is 22.4 Å². The van der Waals surface area contributed by atoms with Crippen LogP contribution in [0.25, 0.3) is 0 Å². The van der Waals surface area contributed by atoms with Crippen LogP contribution in [0.15, 0.2) is 17.0 Å². The van der Waals surface area contributed by atoms with Crippen LogP contribution in [0.1, 0.15) is 24.8 Å². The van der Waals surface area contributed by atoms with E-state index in [4.69, 9.17) is 9.47 Å². The van der Waals surface area contributed by atoms with Crippen molar-refractivity contribution in [3.05, 3.63) is 17.7 Å². The highest BCUT2D eigenvalue weighted by Gasteiger charge is 2.31. The van der Waals surface area contributed by atoms with Gasteiger partial charge in [0.2, 0.25) is 0 Å². The Bertz CT molecular complexity index is 504. The highest BCUT2D eigenvalue weighted by atomic mass is 32.2. The molecule has 1 N–H and O–H groups in total. The summed E-state index contributed by atoms with van der Waals surface area (Å²) in [6.07, 6.45) is 4.34. The average molecular weight is 335 g/mol. The maximum absolute atomic E-state index is 12.6. The number of nitrogens with one attached hydrogen (secondary N) is 1. The van der Waals surface area contributed by atoms with E-state index in [1.807, 2.05) is 0 Å². The number of hydrogen-bond donors (Lipinski definition) is 1. The molecule has 1 fully saturated rings. The van der Waals surface area contributed by atoms with Crippen LogP contribution in [-0.2, 0) is 6.42 Å². The molecule has 22 heavy (non-hydrogen) atoms. The summed E-state index contributed by atoms with van der Waals surface area (Å²) in [7, 11) is 2.84. The van der Waals surface area contributed by atoms with Gasteiger partial charge in [0.15, 0.2) is 0 Å². The van der Waals surface area contributed by atoms with Crippen LogP contribution < -0.4 is 14.8 Å². The Balaban J connectivity index is 2.10. The average Bonchev–Trinajstić information content (AvgIpc) is 2.40. The third kappa shape index (κ3) is 4.71. The molecule has 3 nitrogen and oxygen atoms in total. The summed E-state index contributed by atoms with van der Waals surface area (Å²) >= 11 is -0.189. The van der Waals surface area contributed by atoms with Crippen molar-refractivity contribution in [1.82, 2.24) is 5.32 Å². The summed E-state index contributed by atoms with van der Waals surface area (Å²) in [5.74, 6) is 0.685. The van der Waals surface area contributed by atoms with E-state index < -0.39 is 5.51 Å². The Kier molecular flexibility index (Phi) is 5.86. The summed E-state index contributed by atoms with van der Waals surface area (Å²) in [4.78, 5) is 0.0163. The zero-order valence-corrected chi connectivity index (χ0v) is 13.4. The van der Waals surface area contributed by atoms with Gasteiger partial charge in [0.25, 0.3) is 0 Å². The van der Waals surface area contributed by atoms with Crippen molar-refractivity contribution in [3.63, 3.8) is 0 Å². The van der Waals surface area contributed by atoms with Crippen LogP contribution in [0.4, 0.5) is 13.2 Å². The fourth-order valence-corrected chi connectivity index (χ4v) is 3.01. The minimum absolute atomic E-state index is 0.0163. The molecule has 124 valence electrons. The van der Waals surface area contributed by atoms with Gasteiger partial charge >= 0.3 is 5.51 Å². The fraction of sp³-hybridized carbons (Fsp3) is 0.600. The van der Waals surface area contributed by atoms with E-state index in [1.54, 1.807) is 6.07 Å². The third-order valence-electron chi connectivity index (χ3n) is 3.72. The maximum Gasteiger partial charge on any atom is 0.446 e. The van der Waals surface area contributed by atoms with Gasteiger partial charge in [-0.3, -0.25) is 0 Å². The number of alkyl halides is 3. The molecule has 1 aromatic carbocycles. The molecule has 0 atom stereocenters. The second-order valence-electron chi connectivity index (χ2n) is 5.19. The zero-order chi connectivity index (χ0) is 16.2. The van der Waals surface area contributed by atoms with Crippen molar-refractivity contribution < 1.29 is 22.6 Å². The van der Waals surface area contributed by atoms with Crippen LogP contribution in [0, 0.1) is 0 Å². The lowest BCUT2D eigenvalue weighted by molar-refractivity contribution is -0.0328. The van der Waals surface area contributed by atoms with E-state index in [1.165, 1.54) is 39.5 Å². The topological polar surface area (TPSA) is 30.5 Å². The lowest BCUT2D eigenvalue weighted by Gasteiger charge is -2.26. The molecule has 0 unspecified atom stereocenters. The second-order valence-corrected chi connectivity index (χ2v) is 6.30. The smallest absolute Gasteiger partial charge is 0.446 e. The zero-order valence-electron chi connectivity index (χ0n) is 12.6. The number of benzene rings is 1. The number of rotatable bonds is 7. The first-order valence-corrected chi connectivity index (χ1v) is 7.98. The Hall–Kier alpha value is -1.08. The highest BCUT2D eigenvalue weighted by molar-refractivity contribution is 8.00. The first kappa shape index (κ1) is 17.3. The van der Waals surface area contributed by atoms with Crippen LogP contribution in [0.3, 0.4) is 0 Å². The molecule has 1 saturated carbocycles. The number of methoxy groups -OCH3 is 2. The molecule has 1 aliphatic rings. The molecule has 0 aliphatic heterocycles. The van der Waals surface area contributed by atoms with Crippen molar-refractivity contribution >= 4 is 11.8 Å². The number of halogens is 3. The summed E-state index contributed by atoms with van der Waals surface area (Å²) < 4.78 is 48.1. The summed E-state index contributed by atoms with van der Waals surface area (Å²) in [6.45, 7) is 0.774. The van der Waals surface area contributed by atoms with Crippen molar-refractivity contribution in [2.45, 2.75) is 42.1 Å². The van der Waals surface area contributed by atoms with Gasteiger partial charge in [-0.05, 0) is 55.3 Å². The molecule has 0 spiro atoms. The molecule has 2 rings (SSSR count). The Labute approximate surface area is 132 Å². The van der Waals surface area contributed by atoms with Gasteiger partial charge < -0.3 is 14.8 Å². The maximum atomic E-state index is 12.6. The molecule has 0 saturated heterocycles. The van der Waals surface area contributed by atoms with Crippen molar-refractivity contribution in [3.8, 4) is 11.5 Å². The van der Waals surface area contributed by atoms with E-state index in [0.29, 0.717) is 18.2 Å². The molecular formula is C15H20F3NO2S. The second kappa shape index (κ2) is 7.46. The predicted molar refractivity (Wildman–Crippen MR) is 80.8 cm³/mol. The molecule has 0 radical (unpaired) electrons. The molecule has 0 aromatic heterocycles. The third-order valence-corrected chi connectivity index (χ3v) is 4.50. The van der Waals surface area contributed by atoms with Gasteiger partial charge in [-0.15, -0.1) is 0 Å². The first-order valence-electron chi connectivity index (χ1n) is 7.17. The van der Waals surface area contributed by atoms with E-state index >= 15 is 0 Å². The van der Waals surface area contributed by atoms with E-state index in [2.05, 4.69) is 5.32 Å². The minimum atomic E-state index is -4.36. The van der Waals surface area contributed by atoms with Crippen LogP contribution in [0.2, 0.25) is 0 Å². The fourth-order valence-electron chi connectivity index (χ4n) is 2.36. The SMILES string of the molecule is COc1cc(SC(F)(F)F)c(OC)cc1CCNC1CCC1. The minimum Gasteiger partial charge on any atom is -0.496 e. The largest absolute Gasteiger partial charge is 0.496 e. The molecule has 0 bridgehead atoms. The summed E-state index contributed by atoms with van der Waals surface area (Å²) in [5.41, 5.74) is -3.51. The van der Waals surface area contributed by atoms with Gasteiger partial charge in [-0.25, -0.2) is 0 Å². The van der Waals surface area contributed by atoms with Gasteiger partial charge in [0.1, 0.15) is 11.5 Å². The van der Waals surface area contributed by atoms with Crippen molar-refractivity contribution in [2.75, 3.05) is 20.8 Å². The Morgan fingerprint density at radius 2 is 1.86 bits per heavy atom. The first-order chi connectivity index (χ1) is 10.4. The van der Waals surface area contributed by atoms with Crippen LogP contribution >= 0.6 is 11.8 Å². The molecule has 0 amide bonds. The number of hydrogen-bond acceptors (Lipinski definition) is 4. The van der Waals surface area contributed by atoms with Gasteiger partial charge in [0, 0.05) is 6.04 Å². The van der Waals surface area contributed by atoms with Gasteiger partial charge in [0.05, 0.1) is 19.1 Å². The van der Waals surface area contributed by atoms with Crippen LogP contribution in [-0.4, -0.2) is 32.3 Å². The highest BCUT2D eigenvalue weighted by Crippen LogP contribution is 2.44. The Morgan fingerprint density at radius 1 is 1.18 bits per heavy atom. The van der Waals surface area contributed by atoms with Crippen molar-refractivity contribution in [2.24, 2.45) is 0 Å². The molecular weight excluding hydrogens is 315 g/mol. The summed E-state index contributed by atoms with van der Waals surface area (Å²) in [6, 6.07) is 3.61. The van der Waals surface area contributed by atoms with E-state index in [0.717, 1.165) is 12.1 Å². The van der Waals surface area contributed by atoms with E-state index in [9.17, 15) is 13.2 Å². The summed E-state index contributed by atoms with van der Waals surface area (Å²) in [5, 5.41) is 3.43. The van der Waals surface area contributed by atoms with Gasteiger partial charge in [-0.1, -0.05) is 6.42 Å². The normalized spacial score (nSPS) is 15.5. The number of ether oxygens (including phenoxy) is 2. The predicted octanol–water partition coefficient (Wildman–Crippen LogP) is 4.00. The molecule has 0 heterocycles. The standard InChI is InChI=1S/C15H20F3NO2S/c1-20-12-9-14(22-15(16,17)18)13(21-2)8-10(12)6-7-19-11-4-3-5-11/h8-9,11,19H,3-7H2,1-2H3. The lowest BCUT2D eigenvalue weighted by Crippen LogP contribution is -2.36. The van der Waals surface area contributed by atoms with Gasteiger partial charge in [-0.2, -0.15) is 13.2 Å². The monoisotopic (exact) mass is 335 g/mol. The molecule has 1 aromatic rings. The number of thioether (sulfide) groups is 1. The molecule has 7 heteroatoms. The van der Waals surface area contributed by atoms with Crippen molar-refractivity contribution in [1.29, 1.82) is 0 Å². The van der Waals surface area contributed by atoms with Crippen LogP contribution in [0.5, 0.6) is 11.5 Å². The molecule has 1 aliphatic carbocycles. The lowest BCUT2D eigenvalue weighted by atomic mass is 9.93. The Morgan fingerprint density at radius 3 is 2.36 bits per heavy atom.